The predicted octanol–water partition coefficient (Wildman–Crippen LogP) is 1.49. The topological polar surface area (TPSA) is 49.5 Å². The molecule has 0 aliphatic heterocycles. The Bertz CT molecular complexity index is 380. The molecule has 0 atom stereocenters. The summed E-state index contributed by atoms with van der Waals surface area (Å²) in [6.07, 6.45) is 0. The molecule has 0 bridgehead atoms. The van der Waals surface area contributed by atoms with Gasteiger partial charge in [-0.2, -0.15) is 0 Å². The highest BCUT2D eigenvalue weighted by molar-refractivity contribution is 5.25. The Balaban J connectivity index is 2.87. The first-order valence-corrected chi connectivity index (χ1v) is 5.70. The van der Waals surface area contributed by atoms with E-state index in [2.05, 4.69) is 0 Å². The minimum absolute atomic E-state index is 0.0295. The molecule has 0 aromatic heterocycles. The molecule has 1 aromatic rings. The number of aliphatic hydroxyl groups excluding tert-OH is 1. The van der Waals surface area contributed by atoms with Crippen LogP contribution in [-0.2, 0) is 13.1 Å². The van der Waals surface area contributed by atoms with Gasteiger partial charge < -0.3 is 10.8 Å². The Morgan fingerprint density at radius 1 is 1.41 bits per heavy atom. The van der Waals surface area contributed by atoms with Crippen LogP contribution in [0.3, 0.4) is 0 Å². The van der Waals surface area contributed by atoms with Crippen LogP contribution < -0.4 is 5.73 Å². The monoisotopic (exact) mass is 240 g/mol. The van der Waals surface area contributed by atoms with Gasteiger partial charge in [-0.25, -0.2) is 4.39 Å². The number of nitrogens with two attached hydrogens (primary N) is 1. The molecule has 0 radical (unpaired) electrons. The van der Waals surface area contributed by atoms with E-state index in [0.717, 1.165) is 5.56 Å². The van der Waals surface area contributed by atoms with E-state index >= 15 is 0 Å². The molecule has 0 aliphatic rings. The van der Waals surface area contributed by atoms with Crippen LogP contribution in [0, 0.1) is 5.82 Å². The molecule has 3 nitrogen and oxygen atoms in total. The van der Waals surface area contributed by atoms with Gasteiger partial charge in [0.05, 0.1) is 6.61 Å². The average molecular weight is 240 g/mol. The molecular weight excluding hydrogens is 219 g/mol. The van der Waals surface area contributed by atoms with E-state index in [1.54, 1.807) is 12.1 Å². The lowest BCUT2D eigenvalue weighted by Crippen LogP contribution is -2.43. The van der Waals surface area contributed by atoms with E-state index in [4.69, 9.17) is 5.73 Å². The third kappa shape index (κ3) is 3.49. The first-order chi connectivity index (χ1) is 7.90. The number of halogens is 1. The van der Waals surface area contributed by atoms with Gasteiger partial charge in [-0.3, -0.25) is 4.90 Å². The van der Waals surface area contributed by atoms with Crippen LogP contribution in [0.5, 0.6) is 0 Å². The zero-order chi connectivity index (χ0) is 13.1. The molecule has 0 amide bonds. The predicted molar refractivity (Wildman–Crippen MR) is 66.9 cm³/mol. The van der Waals surface area contributed by atoms with Gasteiger partial charge in [-0.1, -0.05) is 12.1 Å². The number of aliphatic hydroxyl groups is 1. The highest BCUT2D eigenvalue weighted by atomic mass is 19.1. The molecule has 0 unspecified atom stereocenters. The van der Waals surface area contributed by atoms with Gasteiger partial charge in [0, 0.05) is 24.2 Å². The Labute approximate surface area is 102 Å². The summed E-state index contributed by atoms with van der Waals surface area (Å²) in [7, 11) is 1.87. The zero-order valence-electron chi connectivity index (χ0n) is 10.7. The Morgan fingerprint density at radius 3 is 2.59 bits per heavy atom. The SMILES string of the molecule is CN(Cc1cc(CN)ccc1F)C(C)(C)CO. The first kappa shape index (κ1) is 14.1. The van der Waals surface area contributed by atoms with E-state index in [9.17, 15) is 9.50 Å². The molecule has 0 aliphatic carbocycles. The van der Waals surface area contributed by atoms with Gasteiger partial charge >= 0.3 is 0 Å². The summed E-state index contributed by atoms with van der Waals surface area (Å²) in [6, 6.07) is 4.91. The number of rotatable bonds is 5. The van der Waals surface area contributed by atoms with Crippen molar-refractivity contribution in [3.63, 3.8) is 0 Å². The van der Waals surface area contributed by atoms with Gasteiger partial charge in [-0.05, 0) is 32.5 Å². The van der Waals surface area contributed by atoms with Crippen molar-refractivity contribution in [1.82, 2.24) is 4.90 Å². The quantitative estimate of drug-likeness (QED) is 0.819. The lowest BCUT2D eigenvalue weighted by atomic mass is 10.0. The molecule has 0 heterocycles. The molecule has 1 aromatic carbocycles. The van der Waals surface area contributed by atoms with E-state index in [1.165, 1.54) is 6.07 Å². The Kier molecular flexibility index (Phi) is 4.62. The van der Waals surface area contributed by atoms with E-state index in [0.29, 0.717) is 18.7 Å². The van der Waals surface area contributed by atoms with Crippen molar-refractivity contribution in [1.29, 1.82) is 0 Å². The molecule has 17 heavy (non-hydrogen) atoms. The van der Waals surface area contributed by atoms with E-state index in [-0.39, 0.29) is 18.0 Å². The van der Waals surface area contributed by atoms with Crippen LogP contribution in [0.1, 0.15) is 25.0 Å². The van der Waals surface area contributed by atoms with Crippen molar-refractivity contribution in [3.8, 4) is 0 Å². The molecular formula is C13H21FN2O. The summed E-state index contributed by atoms with van der Waals surface area (Å²) in [5.74, 6) is -0.234. The molecule has 96 valence electrons. The zero-order valence-corrected chi connectivity index (χ0v) is 10.7. The summed E-state index contributed by atoms with van der Waals surface area (Å²) in [6.45, 7) is 4.71. The minimum atomic E-state index is -0.370. The van der Waals surface area contributed by atoms with E-state index in [1.807, 2.05) is 25.8 Å². The molecule has 1 rings (SSSR count). The highest BCUT2D eigenvalue weighted by Gasteiger charge is 2.23. The average Bonchev–Trinajstić information content (AvgIpc) is 2.31. The van der Waals surface area contributed by atoms with Gasteiger partial charge in [0.25, 0.3) is 0 Å². The lowest BCUT2D eigenvalue weighted by molar-refractivity contribution is 0.0725. The van der Waals surface area contributed by atoms with Crippen molar-refractivity contribution in [2.45, 2.75) is 32.5 Å². The Morgan fingerprint density at radius 2 is 2.06 bits per heavy atom. The maximum absolute atomic E-state index is 13.6. The van der Waals surface area contributed by atoms with Crippen LogP contribution in [-0.4, -0.2) is 29.2 Å². The molecule has 3 N–H and O–H groups in total. The summed E-state index contributed by atoms with van der Waals surface area (Å²) in [5, 5.41) is 9.26. The number of nitrogens with zero attached hydrogens (tertiary/aromatic N) is 1. The summed E-state index contributed by atoms with van der Waals surface area (Å²) >= 11 is 0. The van der Waals surface area contributed by atoms with Gasteiger partial charge in [0.2, 0.25) is 0 Å². The summed E-state index contributed by atoms with van der Waals surface area (Å²) in [4.78, 5) is 1.92. The van der Waals surface area contributed by atoms with E-state index < -0.39 is 0 Å². The fraction of sp³-hybridized carbons (Fsp3) is 0.538. The smallest absolute Gasteiger partial charge is 0.127 e. The summed E-state index contributed by atoms with van der Waals surface area (Å²) in [5.41, 5.74) is 6.69. The van der Waals surface area contributed by atoms with Gasteiger partial charge in [-0.15, -0.1) is 0 Å². The highest BCUT2D eigenvalue weighted by Crippen LogP contribution is 2.18. The maximum Gasteiger partial charge on any atom is 0.127 e. The third-order valence-electron chi connectivity index (χ3n) is 3.17. The maximum atomic E-state index is 13.6. The number of hydrogen-bond donors (Lipinski definition) is 2. The van der Waals surface area contributed by atoms with Crippen LogP contribution in [0.2, 0.25) is 0 Å². The first-order valence-electron chi connectivity index (χ1n) is 5.70. The number of likely N-dealkylation sites (N-methyl/N-ethyl adjacent to an activating group) is 1. The van der Waals surface area contributed by atoms with Crippen molar-refractivity contribution < 1.29 is 9.50 Å². The molecule has 0 spiro atoms. The molecule has 0 saturated heterocycles. The second-order valence-electron chi connectivity index (χ2n) is 4.96. The molecule has 0 fully saturated rings. The fourth-order valence-electron chi connectivity index (χ4n) is 1.47. The van der Waals surface area contributed by atoms with Crippen LogP contribution in [0.25, 0.3) is 0 Å². The van der Waals surface area contributed by atoms with Gasteiger partial charge in [0.15, 0.2) is 0 Å². The van der Waals surface area contributed by atoms with Crippen molar-refractivity contribution in [2.24, 2.45) is 5.73 Å². The van der Waals surface area contributed by atoms with Crippen molar-refractivity contribution >= 4 is 0 Å². The van der Waals surface area contributed by atoms with Crippen LogP contribution in [0.4, 0.5) is 4.39 Å². The Hall–Kier alpha value is -0.970. The third-order valence-corrected chi connectivity index (χ3v) is 3.17. The van der Waals surface area contributed by atoms with Crippen LogP contribution in [0.15, 0.2) is 18.2 Å². The second kappa shape index (κ2) is 5.58. The standard InChI is InChI=1S/C13H21FN2O/c1-13(2,9-17)16(3)8-11-6-10(7-15)4-5-12(11)14/h4-6,17H,7-9,15H2,1-3H3. The van der Waals surface area contributed by atoms with Crippen molar-refractivity contribution in [2.75, 3.05) is 13.7 Å². The second-order valence-corrected chi connectivity index (χ2v) is 4.96. The lowest BCUT2D eigenvalue weighted by Gasteiger charge is -2.34. The molecule has 4 heteroatoms. The normalized spacial score (nSPS) is 12.2. The van der Waals surface area contributed by atoms with Gasteiger partial charge in [0.1, 0.15) is 5.82 Å². The minimum Gasteiger partial charge on any atom is -0.394 e. The van der Waals surface area contributed by atoms with Crippen LogP contribution >= 0.6 is 0 Å². The fourth-order valence-corrected chi connectivity index (χ4v) is 1.47. The largest absolute Gasteiger partial charge is 0.394 e. The summed E-state index contributed by atoms with van der Waals surface area (Å²) < 4.78 is 13.6. The van der Waals surface area contributed by atoms with Crippen molar-refractivity contribution in [3.05, 3.63) is 35.1 Å². The number of hydrogen-bond acceptors (Lipinski definition) is 3. The molecule has 0 saturated carbocycles. The number of benzene rings is 1.